The van der Waals surface area contributed by atoms with E-state index in [4.69, 9.17) is 0 Å². The monoisotopic (exact) mass is 250 g/mol. The van der Waals surface area contributed by atoms with Gasteiger partial charge in [0.25, 0.3) is 5.91 Å². The molecule has 0 aliphatic heterocycles. The van der Waals surface area contributed by atoms with Crippen LogP contribution in [0, 0.1) is 5.92 Å². The number of nitrogens with zero attached hydrogens (tertiary/aromatic N) is 2. The van der Waals surface area contributed by atoms with Gasteiger partial charge in [0.1, 0.15) is 11.5 Å². The van der Waals surface area contributed by atoms with E-state index in [2.05, 4.69) is 41.4 Å². The van der Waals surface area contributed by atoms with Gasteiger partial charge < -0.3 is 10.6 Å². The first-order valence-electron chi connectivity index (χ1n) is 6.51. The van der Waals surface area contributed by atoms with Gasteiger partial charge in [-0.15, -0.1) is 0 Å². The number of rotatable bonds is 7. The standard InChI is InChI=1S/C13H22N4O/c1-4-6-15-12-9-14-8-11(17-12)13(18)16-7-10(3)5-2/h8-10H,4-7H2,1-3H3,(H,15,17)(H,16,18). The second kappa shape index (κ2) is 7.63. The van der Waals surface area contributed by atoms with E-state index < -0.39 is 0 Å². The van der Waals surface area contributed by atoms with Crippen LogP contribution in [0.3, 0.4) is 0 Å². The minimum absolute atomic E-state index is 0.164. The summed E-state index contributed by atoms with van der Waals surface area (Å²) in [5.41, 5.74) is 0.361. The van der Waals surface area contributed by atoms with E-state index in [-0.39, 0.29) is 5.91 Å². The average Bonchev–Trinajstić information content (AvgIpc) is 2.42. The van der Waals surface area contributed by atoms with Crippen molar-refractivity contribution in [3.8, 4) is 0 Å². The predicted molar refractivity (Wildman–Crippen MR) is 72.6 cm³/mol. The predicted octanol–water partition coefficient (Wildman–Crippen LogP) is 2.07. The van der Waals surface area contributed by atoms with E-state index in [0.717, 1.165) is 19.4 Å². The Morgan fingerprint density at radius 1 is 1.39 bits per heavy atom. The summed E-state index contributed by atoms with van der Waals surface area (Å²) in [6.07, 6.45) is 5.17. The number of amides is 1. The zero-order valence-corrected chi connectivity index (χ0v) is 11.4. The maximum atomic E-state index is 11.8. The number of nitrogens with one attached hydrogen (secondary N) is 2. The second-order valence-corrected chi connectivity index (χ2v) is 4.44. The summed E-state index contributed by atoms with van der Waals surface area (Å²) < 4.78 is 0. The van der Waals surface area contributed by atoms with E-state index in [1.54, 1.807) is 6.20 Å². The number of carbonyl (C=O) groups is 1. The Balaban J connectivity index is 2.56. The third kappa shape index (κ3) is 4.69. The van der Waals surface area contributed by atoms with Crippen molar-refractivity contribution in [1.82, 2.24) is 15.3 Å². The molecular formula is C13H22N4O. The summed E-state index contributed by atoms with van der Waals surface area (Å²) >= 11 is 0. The highest BCUT2D eigenvalue weighted by Crippen LogP contribution is 2.03. The van der Waals surface area contributed by atoms with Gasteiger partial charge in [0.15, 0.2) is 0 Å². The first kappa shape index (κ1) is 14.4. The van der Waals surface area contributed by atoms with Gasteiger partial charge in [-0.2, -0.15) is 0 Å². The lowest BCUT2D eigenvalue weighted by atomic mass is 10.1. The number of hydrogen-bond donors (Lipinski definition) is 2. The highest BCUT2D eigenvalue weighted by molar-refractivity contribution is 5.92. The molecule has 0 aliphatic carbocycles. The lowest BCUT2D eigenvalue weighted by molar-refractivity contribution is 0.0942. The van der Waals surface area contributed by atoms with Crippen LogP contribution in [0.15, 0.2) is 12.4 Å². The molecular weight excluding hydrogens is 228 g/mol. The van der Waals surface area contributed by atoms with Crippen LogP contribution < -0.4 is 10.6 Å². The van der Waals surface area contributed by atoms with Gasteiger partial charge in [-0.3, -0.25) is 9.78 Å². The smallest absolute Gasteiger partial charge is 0.271 e. The molecule has 0 bridgehead atoms. The highest BCUT2D eigenvalue weighted by Gasteiger charge is 2.09. The largest absolute Gasteiger partial charge is 0.369 e. The van der Waals surface area contributed by atoms with Crippen LogP contribution in [0.2, 0.25) is 0 Å². The van der Waals surface area contributed by atoms with Crippen molar-refractivity contribution in [2.24, 2.45) is 5.92 Å². The molecule has 0 radical (unpaired) electrons. The molecule has 1 amide bonds. The minimum atomic E-state index is -0.164. The Hall–Kier alpha value is -1.65. The Bertz CT molecular complexity index is 381. The Morgan fingerprint density at radius 3 is 2.83 bits per heavy atom. The van der Waals surface area contributed by atoms with Gasteiger partial charge in [0, 0.05) is 13.1 Å². The Morgan fingerprint density at radius 2 is 2.17 bits per heavy atom. The number of carbonyl (C=O) groups excluding carboxylic acids is 1. The molecule has 100 valence electrons. The van der Waals surface area contributed by atoms with Gasteiger partial charge in [-0.25, -0.2) is 4.98 Å². The van der Waals surface area contributed by atoms with Gasteiger partial charge in [-0.1, -0.05) is 27.2 Å². The molecule has 1 unspecified atom stereocenters. The van der Waals surface area contributed by atoms with E-state index >= 15 is 0 Å². The molecule has 5 heteroatoms. The normalized spacial score (nSPS) is 11.9. The van der Waals surface area contributed by atoms with Crippen LogP contribution in [0.1, 0.15) is 44.1 Å². The molecule has 0 saturated carbocycles. The summed E-state index contributed by atoms with van der Waals surface area (Å²) in [7, 11) is 0. The Labute approximate surface area is 108 Å². The fourth-order valence-electron chi connectivity index (χ4n) is 1.32. The maximum absolute atomic E-state index is 11.8. The molecule has 2 N–H and O–H groups in total. The van der Waals surface area contributed by atoms with Gasteiger partial charge >= 0.3 is 0 Å². The minimum Gasteiger partial charge on any atom is -0.369 e. The molecule has 1 atom stereocenters. The van der Waals surface area contributed by atoms with E-state index in [9.17, 15) is 4.79 Å². The molecule has 5 nitrogen and oxygen atoms in total. The lowest BCUT2D eigenvalue weighted by Crippen LogP contribution is -2.29. The van der Waals surface area contributed by atoms with E-state index in [1.165, 1.54) is 6.20 Å². The molecule has 18 heavy (non-hydrogen) atoms. The second-order valence-electron chi connectivity index (χ2n) is 4.44. The number of aromatic nitrogens is 2. The lowest BCUT2D eigenvalue weighted by Gasteiger charge is -2.10. The Kier molecular flexibility index (Phi) is 6.11. The SMILES string of the molecule is CCCNc1cncc(C(=O)NCC(C)CC)n1. The fourth-order valence-corrected chi connectivity index (χ4v) is 1.32. The van der Waals surface area contributed by atoms with Crippen LogP contribution in [0.4, 0.5) is 5.82 Å². The summed E-state index contributed by atoms with van der Waals surface area (Å²) in [5, 5.41) is 5.98. The van der Waals surface area contributed by atoms with Crippen molar-refractivity contribution < 1.29 is 4.79 Å². The van der Waals surface area contributed by atoms with Crippen molar-refractivity contribution in [3.05, 3.63) is 18.1 Å². The van der Waals surface area contributed by atoms with Gasteiger partial charge in [-0.05, 0) is 12.3 Å². The van der Waals surface area contributed by atoms with Gasteiger partial charge in [0.2, 0.25) is 0 Å². The molecule has 1 rings (SSSR count). The first-order chi connectivity index (χ1) is 8.67. The van der Waals surface area contributed by atoms with E-state index in [0.29, 0.717) is 24.0 Å². The molecule has 0 saturated heterocycles. The van der Waals surface area contributed by atoms with Crippen molar-refractivity contribution in [1.29, 1.82) is 0 Å². The van der Waals surface area contributed by atoms with Crippen LogP contribution in [0.5, 0.6) is 0 Å². The third-order valence-corrected chi connectivity index (χ3v) is 2.73. The molecule has 1 heterocycles. The van der Waals surface area contributed by atoms with Crippen molar-refractivity contribution >= 4 is 11.7 Å². The van der Waals surface area contributed by atoms with Gasteiger partial charge in [0.05, 0.1) is 12.4 Å². The summed E-state index contributed by atoms with van der Waals surface area (Å²) in [4.78, 5) is 20.1. The van der Waals surface area contributed by atoms with Crippen molar-refractivity contribution in [3.63, 3.8) is 0 Å². The van der Waals surface area contributed by atoms with Crippen molar-refractivity contribution in [2.75, 3.05) is 18.4 Å². The highest BCUT2D eigenvalue weighted by atomic mass is 16.1. The zero-order chi connectivity index (χ0) is 13.4. The maximum Gasteiger partial charge on any atom is 0.271 e. The summed E-state index contributed by atoms with van der Waals surface area (Å²) in [6, 6.07) is 0. The molecule has 0 aliphatic rings. The van der Waals surface area contributed by atoms with Crippen molar-refractivity contribution in [2.45, 2.75) is 33.6 Å². The van der Waals surface area contributed by atoms with Crippen LogP contribution in [-0.2, 0) is 0 Å². The molecule has 1 aromatic rings. The average molecular weight is 250 g/mol. The van der Waals surface area contributed by atoms with Crippen LogP contribution >= 0.6 is 0 Å². The topological polar surface area (TPSA) is 66.9 Å². The van der Waals surface area contributed by atoms with E-state index in [1.807, 2.05) is 0 Å². The quantitative estimate of drug-likeness (QED) is 0.777. The summed E-state index contributed by atoms with van der Waals surface area (Å²) in [6.45, 7) is 7.77. The zero-order valence-electron chi connectivity index (χ0n) is 11.4. The fraction of sp³-hybridized carbons (Fsp3) is 0.615. The number of anilines is 1. The molecule has 0 fully saturated rings. The third-order valence-electron chi connectivity index (χ3n) is 2.73. The molecule has 0 aromatic carbocycles. The first-order valence-corrected chi connectivity index (χ1v) is 6.51. The molecule has 0 spiro atoms. The van der Waals surface area contributed by atoms with Crippen LogP contribution in [-0.4, -0.2) is 29.0 Å². The summed E-state index contributed by atoms with van der Waals surface area (Å²) in [5.74, 6) is 0.958. The number of hydrogen-bond acceptors (Lipinski definition) is 4. The van der Waals surface area contributed by atoms with Crippen LogP contribution in [0.25, 0.3) is 0 Å². The molecule has 1 aromatic heterocycles.